The van der Waals surface area contributed by atoms with E-state index in [0.29, 0.717) is 18.8 Å². The molecule has 1 aliphatic heterocycles. The van der Waals surface area contributed by atoms with E-state index in [4.69, 9.17) is 10.5 Å². The van der Waals surface area contributed by atoms with Gasteiger partial charge < -0.3 is 15.4 Å². The summed E-state index contributed by atoms with van der Waals surface area (Å²) in [5.74, 6) is 0. The number of ether oxygens (including phenoxy) is 1. The number of halogens is 3. The number of nitrogens with two attached hydrogens (primary N) is 1. The van der Waals surface area contributed by atoms with Crippen molar-refractivity contribution in [3.05, 3.63) is 23.8 Å². The zero-order chi connectivity index (χ0) is 14.2. The number of morpholine rings is 1. The SMILES string of the molecule is C[C@@H]1CN(c2ccc(N)c(C(F)(F)F)c2)C[C@H](C)O1. The van der Waals surface area contributed by atoms with E-state index in [1.54, 1.807) is 6.07 Å². The molecule has 0 aliphatic carbocycles. The third-order valence-electron chi connectivity index (χ3n) is 3.13. The molecule has 2 atom stereocenters. The molecule has 3 nitrogen and oxygen atoms in total. The zero-order valence-electron chi connectivity index (χ0n) is 10.9. The lowest BCUT2D eigenvalue weighted by Gasteiger charge is -2.37. The second-order valence-corrected chi connectivity index (χ2v) is 4.93. The maximum atomic E-state index is 12.8. The zero-order valence-corrected chi connectivity index (χ0v) is 10.9. The average Bonchev–Trinajstić information content (AvgIpc) is 2.26. The van der Waals surface area contributed by atoms with Crippen molar-refractivity contribution in [1.29, 1.82) is 0 Å². The number of rotatable bonds is 1. The number of nitrogen functional groups attached to an aromatic ring is 1. The highest BCUT2D eigenvalue weighted by Crippen LogP contribution is 2.36. The van der Waals surface area contributed by atoms with Gasteiger partial charge in [0.25, 0.3) is 0 Å². The number of nitrogens with zero attached hydrogens (tertiary/aromatic N) is 1. The molecule has 1 saturated heterocycles. The van der Waals surface area contributed by atoms with Gasteiger partial charge in [0, 0.05) is 24.5 Å². The first kappa shape index (κ1) is 14.0. The summed E-state index contributed by atoms with van der Waals surface area (Å²) in [6.07, 6.45) is -4.44. The third-order valence-corrected chi connectivity index (χ3v) is 3.13. The summed E-state index contributed by atoms with van der Waals surface area (Å²) in [5, 5.41) is 0. The number of anilines is 2. The van der Waals surface area contributed by atoms with Gasteiger partial charge in [0.05, 0.1) is 17.8 Å². The summed E-state index contributed by atoms with van der Waals surface area (Å²) in [7, 11) is 0. The van der Waals surface area contributed by atoms with Gasteiger partial charge in [-0.1, -0.05) is 0 Å². The van der Waals surface area contributed by atoms with Crippen molar-refractivity contribution in [3.63, 3.8) is 0 Å². The van der Waals surface area contributed by atoms with E-state index < -0.39 is 11.7 Å². The van der Waals surface area contributed by atoms with Crippen LogP contribution in [0.2, 0.25) is 0 Å². The lowest BCUT2D eigenvalue weighted by molar-refractivity contribution is -0.136. The van der Waals surface area contributed by atoms with Crippen LogP contribution in [0.15, 0.2) is 18.2 Å². The molecule has 0 spiro atoms. The maximum Gasteiger partial charge on any atom is 0.418 e. The van der Waals surface area contributed by atoms with Gasteiger partial charge in [0.2, 0.25) is 0 Å². The molecule has 1 aromatic rings. The fourth-order valence-corrected chi connectivity index (χ4v) is 2.38. The highest BCUT2D eigenvalue weighted by atomic mass is 19.4. The Balaban J connectivity index is 2.30. The number of hydrogen-bond donors (Lipinski definition) is 1. The van der Waals surface area contributed by atoms with Crippen LogP contribution in [0.5, 0.6) is 0 Å². The summed E-state index contributed by atoms with van der Waals surface area (Å²) in [6.45, 7) is 4.96. The van der Waals surface area contributed by atoms with Gasteiger partial charge >= 0.3 is 6.18 Å². The molecular weight excluding hydrogens is 257 g/mol. The smallest absolute Gasteiger partial charge is 0.398 e. The van der Waals surface area contributed by atoms with Crippen LogP contribution in [0.3, 0.4) is 0 Å². The van der Waals surface area contributed by atoms with E-state index in [9.17, 15) is 13.2 Å². The minimum Gasteiger partial charge on any atom is -0.398 e. The molecule has 2 N–H and O–H groups in total. The first-order valence-corrected chi connectivity index (χ1v) is 6.14. The molecule has 0 unspecified atom stereocenters. The Morgan fingerprint density at radius 1 is 1.21 bits per heavy atom. The van der Waals surface area contributed by atoms with Gasteiger partial charge in [0.15, 0.2) is 0 Å². The van der Waals surface area contributed by atoms with Gasteiger partial charge in [-0.25, -0.2) is 0 Å². The second kappa shape index (κ2) is 4.92. The van der Waals surface area contributed by atoms with E-state index in [1.807, 2.05) is 18.7 Å². The van der Waals surface area contributed by atoms with Gasteiger partial charge in [-0.2, -0.15) is 13.2 Å². The minimum atomic E-state index is -4.43. The summed E-state index contributed by atoms with van der Waals surface area (Å²) >= 11 is 0. The summed E-state index contributed by atoms with van der Waals surface area (Å²) in [6, 6.07) is 4.04. The standard InChI is InChI=1S/C13H17F3N2O/c1-8-6-18(7-9(2)19-8)10-3-4-12(17)11(5-10)13(14,15)16/h3-5,8-9H,6-7,17H2,1-2H3/t8-,9+. The van der Waals surface area contributed by atoms with Crippen LogP contribution >= 0.6 is 0 Å². The van der Waals surface area contributed by atoms with Crippen molar-refractivity contribution in [2.75, 3.05) is 23.7 Å². The number of alkyl halides is 3. The van der Waals surface area contributed by atoms with Crippen molar-refractivity contribution in [3.8, 4) is 0 Å². The lowest BCUT2D eigenvalue weighted by Crippen LogP contribution is -2.45. The number of benzene rings is 1. The first-order chi connectivity index (χ1) is 8.77. The molecule has 2 rings (SSSR count). The van der Waals surface area contributed by atoms with Crippen LogP contribution in [-0.2, 0) is 10.9 Å². The normalized spacial score (nSPS) is 24.6. The molecule has 1 aromatic carbocycles. The van der Waals surface area contributed by atoms with Gasteiger partial charge in [0.1, 0.15) is 0 Å². The molecule has 0 radical (unpaired) electrons. The second-order valence-electron chi connectivity index (χ2n) is 4.93. The Hall–Kier alpha value is -1.43. The molecule has 1 heterocycles. The quantitative estimate of drug-likeness (QED) is 0.800. The third kappa shape index (κ3) is 3.12. The van der Waals surface area contributed by atoms with Crippen LogP contribution < -0.4 is 10.6 Å². The fraction of sp³-hybridized carbons (Fsp3) is 0.538. The summed E-state index contributed by atoms with van der Waals surface area (Å²) in [4.78, 5) is 1.90. The van der Waals surface area contributed by atoms with Crippen molar-refractivity contribution in [2.24, 2.45) is 0 Å². The molecule has 1 aliphatic rings. The molecule has 1 fully saturated rings. The molecular formula is C13H17F3N2O. The molecule has 6 heteroatoms. The molecule has 0 bridgehead atoms. The predicted octanol–water partition coefficient (Wildman–Crippen LogP) is 2.90. The topological polar surface area (TPSA) is 38.5 Å². The van der Waals surface area contributed by atoms with E-state index in [2.05, 4.69) is 0 Å². The maximum absolute atomic E-state index is 12.8. The lowest BCUT2D eigenvalue weighted by atomic mass is 10.1. The van der Waals surface area contributed by atoms with Crippen molar-refractivity contribution >= 4 is 11.4 Å². The van der Waals surface area contributed by atoms with E-state index in [-0.39, 0.29) is 17.9 Å². The fourth-order valence-electron chi connectivity index (χ4n) is 2.38. The average molecular weight is 274 g/mol. The van der Waals surface area contributed by atoms with E-state index in [0.717, 1.165) is 6.07 Å². The molecule has 106 valence electrons. The van der Waals surface area contributed by atoms with Crippen molar-refractivity contribution < 1.29 is 17.9 Å². The molecule has 19 heavy (non-hydrogen) atoms. The largest absolute Gasteiger partial charge is 0.418 e. The highest BCUT2D eigenvalue weighted by Gasteiger charge is 2.34. The van der Waals surface area contributed by atoms with Crippen LogP contribution in [0.25, 0.3) is 0 Å². The van der Waals surface area contributed by atoms with Gasteiger partial charge in [-0.3, -0.25) is 0 Å². The minimum absolute atomic E-state index is 0.00404. The molecule has 0 saturated carbocycles. The van der Waals surface area contributed by atoms with E-state index in [1.165, 1.54) is 6.07 Å². The Bertz CT molecular complexity index is 452. The highest BCUT2D eigenvalue weighted by molar-refractivity contribution is 5.59. The summed E-state index contributed by atoms with van der Waals surface area (Å²) in [5.41, 5.74) is 4.90. The Morgan fingerprint density at radius 2 is 1.79 bits per heavy atom. The number of hydrogen-bond acceptors (Lipinski definition) is 3. The Kier molecular flexibility index (Phi) is 3.62. The van der Waals surface area contributed by atoms with Crippen LogP contribution in [0.1, 0.15) is 19.4 Å². The van der Waals surface area contributed by atoms with Crippen LogP contribution in [-0.4, -0.2) is 25.3 Å². The first-order valence-electron chi connectivity index (χ1n) is 6.14. The summed E-state index contributed by atoms with van der Waals surface area (Å²) < 4.78 is 44.0. The van der Waals surface area contributed by atoms with Gasteiger partial charge in [-0.05, 0) is 32.0 Å². The van der Waals surface area contributed by atoms with Crippen LogP contribution in [0, 0.1) is 0 Å². The Morgan fingerprint density at radius 3 is 2.32 bits per heavy atom. The van der Waals surface area contributed by atoms with Crippen molar-refractivity contribution in [2.45, 2.75) is 32.2 Å². The predicted molar refractivity (Wildman–Crippen MR) is 68.1 cm³/mol. The van der Waals surface area contributed by atoms with Crippen LogP contribution in [0.4, 0.5) is 24.5 Å². The van der Waals surface area contributed by atoms with E-state index >= 15 is 0 Å². The van der Waals surface area contributed by atoms with Crippen molar-refractivity contribution in [1.82, 2.24) is 0 Å². The Labute approximate surface area is 110 Å². The molecule has 0 amide bonds. The van der Waals surface area contributed by atoms with Gasteiger partial charge in [-0.15, -0.1) is 0 Å². The molecule has 0 aromatic heterocycles. The monoisotopic (exact) mass is 274 g/mol.